The molecule has 0 rings (SSSR count). The molecule has 2 unspecified atom stereocenters. The van der Waals surface area contributed by atoms with Gasteiger partial charge in [0.2, 0.25) is 5.91 Å². The molecule has 0 aliphatic rings. The van der Waals surface area contributed by atoms with Crippen molar-refractivity contribution in [2.45, 2.75) is 302 Å². The van der Waals surface area contributed by atoms with Crippen molar-refractivity contribution in [3.63, 3.8) is 0 Å². The number of rotatable bonds is 49. The van der Waals surface area contributed by atoms with Gasteiger partial charge >= 0.3 is 5.97 Å². The molecule has 6 heteroatoms. The molecular formula is C53H103NO5. The number of hydrogen-bond acceptors (Lipinski definition) is 5. The van der Waals surface area contributed by atoms with Crippen LogP contribution < -0.4 is 5.32 Å². The van der Waals surface area contributed by atoms with Crippen molar-refractivity contribution in [2.24, 2.45) is 0 Å². The number of aliphatic hydroxyl groups excluding tert-OH is 2. The van der Waals surface area contributed by atoms with E-state index in [1.165, 1.54) is 180 Å². The van der Waals surface area contributed by atoms with Crippen LogP contribution >= 0.6 is 0 Å². The fourth-order valence-electron chi connectivity index (χ4n) is 8.22. The molecule has 6 nitrogen and oxygen atoms in total. The zero-order chi connectivity index (χ0) is 43.0. The van der Waals surface area contributed by atoms with Crippen LogP contribution in [0.2, 0.25) is 0 Å². The van der Waals surface area contributed by atoms with Crippen molar-refractivity contribution in [3.05, 3.63) is 12.2 Å². The number of hydrogen-bond donors (Lipinski definition) is 3. The molecule has 0 fully saturated rings. The van der Waals surface area contributed by atoms with Crippen LogP contribution in [0.5, 0.6) is 0 Å². The lowest BCUT2D eigenvalue weighted by atomic mass is 10.0. The second-order valence-electron chi connectivity index (χ2n) is 18.2. The number of allylic oxidation sites excluding steroid dienone is 2. The largest absolute Gasteiger partial charge is 0.466 e. The summed E-state index contributed by atoms with van der Waals surface area (Å²) in [6, 6.07) is -0.558. The number of aliphatic hydroxyl groups is 2. The van der Waals surface area contributed by atoms with E-state index in [1.807, 2.05) is 0 Å². The van der Waals surface area contributed by atoms with Crippen LogP contribution in [0.25, 0.3) is 0 Å². The average molecular weight is 834 g/mol. The van der Waals surface area contributed by atoms with Crippen molar-refractivity contribution in [3.8, 4) is 0 Å². The van der Waals surface area contributed by atoms with Crippen molar-refractivity contribution in [1.29, 1.82) is 0 Å². The fraction of sp³-hybridized carbons (Fsp3) is 0.925. The third-order valence-corrected chi connectivity index (χ3v) is 12.3. The van der Waals surface area contributed by atoms with Gasteiger partial charge in [-0.1, -0.05) is 231 Å². The third-order valence-electron chi connectivity index (χ3n) is 12.3. The highest BCUT2D eigenvalue weighted by atomic mass is 16.5. The van der Waals surface area contributed by atoms with Gasteiger partial charge in [0.15, 0.2) is 0 Å². The maximum Gasteiger partial charge on any atom is 0.305 e. The van der Waals surface area contributed by atoms with E-state index in [9.17, 15) is 19.8 Å². The molecule has 2 atom stereocenters. The molecule has 0 spiro atoms. The summed E-state index contributed by atoms with van der Waals surface area (Å²) in [6.07, 6.45) is 56.2. The number of esters is 1. The summed E-state index contributed by atoms with van der Waals surface area (Å²) < 4.78 is 5.46. The van der Waals surface area contributed by atoms with Gasteiger partial charge in [0, 0.05) is 12.8 Å². The molecule has 0 aliphatic carbocycles. The lowest BCUT2D eigenvalue weighted by Gasteiger charge is -2.22. The maximum absolute atomic E-state index is 12.4. The molecule has 0 heterocycles. The molecule has 350 valence electrons. The highest BCUT2D eigenvalue weighted by Gasteiger charge is 2.20. The van der Waals surface area contributed by atoms with Crippen LogP contribution in [0.15, 0.2) is 12.2 Å². The van der Waals surface area contributed by atoms with Gasteiger partial charge < -0.3 is 20.3 Å². The van der Waals surface area contributed by atoms with Crippen LogP contribution in [0.4, 0.5) is 0 Å². The third kappa shape index (κ3) is 45.9. The number of nitrogens with one attached hydrogen (secondary N) is 1. The van der Waals surface area contributed by atoms with Gasteiger partial charge in [0.1, 0.15) is 0 Å². The van der Waals surface area contributed by atoms with Crippen LogP contribution in [-0.4, -0.2) is 47.4 Å². The quantitative estimate of drug-likeness (QED) is 0.0322. The maximum atomic E-state index is 12.4. The predicted molar refractivity (Wildman–Crippen MR) is 255 cm³/mol. The number of carbonyl (C=O) groups excluding carboxylic acids is 2. The molecular weight excluding hydrogens is 731 g/mol. The smallest absolute Gasteiger partial charge is 0.305 e. The topological polar surface area (TPSA) is 95.9 Å². The first kappa shape index (κ1) is 57.6. The molecule has 0 aliphatic heterocycles. The summed E-state index contributed by atoms with van der Waals surface area (Å²) in [5, 5.41) is 23.1. The van der Waals surface area contributed by atoms with Gasteiger partial charge in [-0.2, -0.15) is 0 Å². The van der Waals surface area contributed by atoms with E-state index in [0.717, 1.165) is 77.0 Å². The van der Waals surface area contributed by atoms with Gasteiger partial charge in [0.05, 0.1) is 25.4 Å². The Hall–Kier alpha value is -1.40. The number of unbranched alkanes of at least 4 members (excludes halogenated alkanes) is 36. The standard InChI is InChI=1S/C53H103NO5/c1-3-5-7-9-11-13-15-17-18-19-20-21-22-27-31-35-39-43-47-53(58)59-48-44-40-36-32-28-24-23-26-30-34-38-42-46-52(57)54-50(49-55)51(56)45-41-37-33-29-25-16-14-12-10-8-6-4-2/h24,28,50-51,55-56H,3-23,25-27,29-49H2,1-2H3,(H,54,57)/b28-24-. The Labute approximate surface area is 368 Å². The zero-order valence-electron chi connectivity index (χ0n) is 39.7. The first-order valence-electron chi connectivity index (χ1n) is 26.4. The van der Waals surface area contributed by atoms with Crippen LogP contribution in [-0.2, 0) is 14.3 Å². The normalized spacial score (nSPS) is 12.7. The number of carbonyl (C=O) groups is 2. The molecule has 0 aromatic heterocycles. The molecule has 3 N–H and O–H groups in total. The Morgan fingerprint density at radius 1 is 0.458 bits per heavy atom. The number of amides is 1. The number of ether oxygens (including phenoxy) is 1. The van der Waals surface area contributed by atoms with Gasteiger partial charge in [-0.3, -0.25) is 9.59 Å². The monoisotopic (exact) mass is 834 g/mol. The van der Waals surface area contributed by atoms with E-state index < -0.39 is 12.1 Å². The average Bonchev–Trinajstić information content (AvgIpc) is 3.24. The van der Waals surface area contributed by atoms with Gasteiger partial charge in [-0.25, -0.2) is 0 Å². The van der Waals surface area contributed by atoms with E-state index in [0.29, 0.717) is 25.9 Å². The lowest BCUT2D eigenvalue weighted by Crippen LogP contribution is -2.45. The second kappa shape index (κ2) is 49.3. The Kier molecular flexibility index (Phi) is 48.1. The Morgan fingerprint density at radius 3 is 1.20 bits per heavy atom. The van der Waals surface area contributed by atoms with Crippen molar-refractivity contribution >= 4 is 11.9 Å². The Morgan fingerprint density at radius 2 is 0.797 bits per heavy atom. The summed E-state index contributed by atoms with van der Waals surface area (Å²) in [6.45, 7) is 4.90. The first-order chi connectivity index (χ1) is 29.0. The minimum Gasteiger partial charge on any atom is -0.466 e. The molecule has 0 aromatic carbocycles. The summed E-state index contributed by atoms with van der Waals surface area (Å²) in [5.41, 5.74) is 0. The van der Waals surface area contributed by atoms with Crippen LogP contribution in [0, 0.1) is 0 Å². The molecule has 0 radical (unpaired) electrons. The van der Waals surface area contributed by atoms with E-state index in [2.05, 4.69) is 31.3 Å². The van der Waals surface area contributed by atoms with E-state index in [1.54, 1.807) is 0 Å². The van der Waals surface area contributed by atoms with E-state index in [-0.39, 0.29) is 18.5 Å². The first-order valence-corrected chi connectivity index (χ1v) is 26.4. The van der Waals surface area contributed by atoms with Gasteiger partial charge in [-0.15, -0.1) is 0 Å². The zero-order valence-corrected chi connectivity index (χ0v) is 39.7. The molecule has 0 saturated carbocycles. The predicted octanol–water partition coefficient (Wildman–Crippen LogP) is 15.7. The van der Waals surface area contributed by atoms with Crippen molar-refractivity contribution in [2.75, 3.05) is 13.2 Å². The SMILES string of the molecule is CCCCCCCCCCCCCCCCCCCCC(=O)OCCCCC/C=C\CCCCCCCC(=O)NC(CO)C(O)CCCCCCCCCCCCCC. The van der Waals surface area contributed by atoms with E-state index in [4.69, 9.17) is 4.74 Å². The molecule has 0 saturated heterocycles. The minimum atomic E-state index is -0.678. The summed E-state index contributed by atoms with van der Waals surface area (Å²) in [7, 11) is 0. The Balaban J connectivity index is 3.46. The van der Waals surface area contributed by atoms with Gasteiger partial charge in [-0.05, 0) is 57.8 Å². The van der Waals surface area contributed by atoms with Crippen molar-refractivity contribution < 1.29 is 24.5 Å². The molecule has 1 amide bonds. The summed E-state index contributed by atoms with van der Waals surface area (Å²) >= 11 is 0. The highest BCUT2D eigenvalue weighted by molar-refractivity contribution is 5.76. The van der Waals surface area contributed by atoms with Crippen LogP contribution in [0.1, 0.15) is 290 Å². The fourth-order valence-corrected chi connectivity index (χ4v) is 8.22. The van der Waals surface area contributed by atoms with E-state index >= 15 is 0 Å². The lowest BCUT2D eigenvalue weighted by molar-refractivity contribution is -0.143. The van der Waals surface area contributed by atoms with Crippen molar-refractivity contribution in [1.82, 2.24) is 5.32 Å². The molecule has 0 bridgehead atoms. The minimum absolute atomic E-state index is 0.0183. The highest BCUT2D eigenvalue weighted by Crippen LogP contribution is 2.17. The van der Waals surface area contributed by atoms with Gasteiger partial charge in [0.25, 0.3) is 0 Å². The van der Waals surface area contributed by atoms with Crippen LogP contribution in [0.3, 0.4) is 0 Å². The summed E-state index contributed by atoms with van der Waals surface area (Å²) in [4.78, 5) is 24.5. The Bertz CT molecular complexity index is 878. The second-order valence-corrected chi connectivity index (χ2v) is 18.2. The molecule has 0 aromatic rings. The molecule has 59 heavy (non-hydrogen) atoms. The summed E-state index contributed by atoms with van der Waals surface area (Å²) in [5.74, 6) is -0.0787.